The third-order valence-electron chi connectivity index (χ3n) is 5.98. The Kier molecular flexibility index (Phi) is 6.54. The zero-order chi connectivity index (χ0) is 25.5. The highest BCUT2D eigenvalue weighted by Gasteiger charge is 2.35. The van der Waals surface area contributed by atoms with Gasteiger partial charge in [0.25, 0.3) is 0 Å². The van der Waals surface area contributed by atoms with Crippen LogP contribution < -0.4 is 42.8 Å². The van der Waals surface area contributed by atoms with Gasteiger partial charge in [-0.3, -0.25) is 0 Å². The Morgan fingerprint density at radius 1 is 1.03 bits per heavy atom. The summed E-state index contributed by atoms with van der Waals surface area (Å²) in [4.78, 5) is 6.03. The Labute approximate surface area is 207 Å². The Bertz CT molecular complexity index is 1490. The summed E-state index contributed by atoms with van der Waals surface area (Å²) in [6, 6.07) is 9.67. The van der Waals surface area contributed by atoms with E-state index in [1.807, 2.05) is 12.1 Å². The van der Waals surface area contributed by atoms with Crippen molar-refractivity contribution in [3.8, 4) is 22.4 Å². The molecule has 0 unspecified atom stereocenters. The van der Waals surface area contributed by atoms with Crippen molar-refractivity contribution in [1.29, 1.82) is 0 Å². The number of nitrogens with two attached hydrogens (primary N) is 2. The summed E-state index contributed by atoms with van der Waals surface area (Å²) >= 11 is 0. The molecule has 3 aromatic rings. The smallest absolute Gasteiger partial charge is 0.242 e. The predicted molar refractivity (Wildman–Crippen MR) is 132 cm³/mol. The Morgan fingerprint density at radius 3 is 2.42 bits per heavy atom. The second-order valence-electron chi connectivity index (χ2n) is 8.44. The second kappa shape index (κ2) is 9.51. The lowest BCUT2D eigenvalue weighted by molar-refractivity contribution is 0.530. The van der Waals surface area contributed by atoms with Crippen LogP contribution in [0, 0.1) is 0 Å². The van der Waals surface area contributed by atoms with Crippen molar-refractivity contribution in [3.05, 3.63) is 48.2 Å². The molecule has 0 spiro atoms. The molecule has 0 radical (unpaired) electrons. The van der Waals surface area contributed by atoms with Crippen molar-refractivity contribution in [3.63, 3.8) is 0 Å². The van der Waals surface area contributed by atoms with Crippen molar-refractivity contribution in [1.82, 2.24) is 41.9 Å². The van der Waals surface area contributed by atoms with Crippen LogP contribution in [0.5, 0.6) is 0 Å². The van der Waals surface area contributed by atoms with Gasteiger partial charge in [0, 0.05) is 23.7 Å². The molecule has 0 saturated carbocycles. The van der Waals surface area contributed by atoms with Crippen LogP contribution >= 0.6 is 0 Å². The van der Waals surface area contributed by atoms with Crippen molar-refractivity contribution in [2.24, 2.45) is 5.14 Å². The van der Waals surface area contributed by atoms with Gasteiger partial charge in [0.2, 0.25) is 20.0 Å². The van der Waals surface area contributed by atoms with Crippen molar-refractivity contribution >= 4 is 26.0 Å². The molecule has 1 aromatic heterocycles. The molecular weight excluding hydrogens is 508 g/mol. The van der Waals surface area contributed by atoms with E-state index in [1.54, 1.807) is 24.4 Å². The molecule has 2 aromatic carbocycles. The van der Waals surface area contributed by atoms with Gasteiger partial charge in [0.05, 0.1) is 11.9 Å². The zero-order valence-electron chi connectivity index (χ0n) is 18.9. The van der Waals surface area contributed by atoms with E-state index in [0.717, 1.165) is 5.56 Å². The van der Waals surface area contributed by atoms with E-state index >= 15 is 0 Å². The lowest BCUT2D eigenvalue weighted by atomic mass is 9.96. The van der Waals surface area contributed by atoms with Crippen LogP contribution in [0.25, 0.3) is 22.4 Å². The summed E-state index contributed by atoms with van der Waals surface area (Å²) in [6.07, 6.45) is 1.32. The van der Waals surface area contributed by atoms with Gasteiger partial charge in [0.15, 0.2) is 5.95 Å². The minimum Gasteiger partial charge on any atom is -0.369 e. The third-order valence-corrected chi connectivity index (χ3v) is 8.68. The Hall–Kier alpha value is -2.93. The Balaban J connectivity index is 1.71. The molecule has 1 atom stereocenters. The first-order valence-electron chi connectivity index (χ1n) is 11.0. The van der Waals surface area contributed by atoms with Gasteiger partial charge in [-0.15, -0.1) is 0 Å². The fourth-order valence-corrected chi connectivity index (χ4v) is 7.32. The highest BCUT2D eigenvalue weighted by Crippen LogP contribution is 2.37. The number of hydrazine groups is 3. The molecule has 0 aliphatic carbocycles. The third kappa shape index (κ3) is 4.85. The first-order valence-corrected chi connectivity index (χ1v) is 14.0. The van der Waals surface area contributed by atoms with Crippen LogP contribution in [0.1, 0.15) is 18.2 Å². The molecule has 2 fully saturated rings. The fourth-order valence-electron chi connectivity index (χ4n) is 4.40. The van der Waals surface area contributed by atoms with Crippen molar-refractivity contribution < 1.29 is 16.8 Å². The maximum atomic E-state index is 13.4. The summed E-state index contributed by atoms with van der Waals surface area (Å²) < 4.78 is 55.2. The molecule has 3 heterocycles. The maximum absolute atomic E-state index is 13.4. The van der Waals surface area contributed by atoms with Crippen LogP contribution in [0.2, 0.25) is 0 Å². The van der Waals surface area contributed by atoms with E-state index in [9.17, 15) is 16.8 Å². The van der Waals surface area contributed by atoms with Crippen molar-refractivity contribution in [2.75, 3.05) is 18.8 Å². The number of hydrogen-bond acceptors (Lipinski definition) is 11. The maximum Gasteiger partial charge on any atom is 0.242 e. The molecule has 2 aliphatic heterocycles. The SMILES string of the molecule is Nc1ncc(-c2cccc(-c3ccc(S(=O)(=O)N[C@H]4CCNC4)c(S(N)(=O)=O)c3C3NNNN3)c2)[nH]1. The van der Waals surface area contributed by atoms with Crippen LogP contribution in [0.15, 0.2) is 52.4 Å². The number of hydrogen-bond donors (Lipinski definition) is 9. The van der Waals surface area contributed by atoms with Crippen LogP contribution in [0.3, 0.4) is 0 Å². The molecule has 2 aliphatic rings. The average molecular weight is 535 g/mol. The molecule has 11 N–H and O–H groups in total. The van der Waals surface area contributed by atoms with Crippen molar-refractivity contribution in [2.45, 2.75) is 28.4 Å². The number of anilines is 1. The summed E-state index contributed by atoms with van der Waals surface area (Å²) in [5, 5.41) is 8.72. The number of nitrogen functional groups attached to an aromatic ring is 1. The number of benzene rings is 2. The van der Waals surface area contributed by atoms with Gasteiger partial charge in [-0.2, -0.15) is 11.1 Å². The molecule has 16 heteroatoms. The quantitative estimate of drug-likeness (QED) is 0.174. The zero-order valence-corrected chi connectivity index (χ0v) is 20.5. The molecule has 192 valence electrons. The molecular formula is C20H26N10O4S2. The summed E-state index contributed by atoms with van der Waals surface area (Å²) in [7, 11) is -8.74. The number of sulfonamides is 2. The number of aromatic amines is 1. The van der Waals surface area contributed by atoms with Gasteiger partial charge >= 0.3 is 0 Å². The van der Waals surface area contributed by atoms with E-state index in [1.165, 1.54) is 6.07 Å². The van der Waals surface area contributed by atoms with E-state index < -0.39 is 36.0 Å². The monoisotopic (exact) mass is 534 g/mol. The normalized spacial score (nSPS) is 19.2. The molecule has 14 nitrogen and oxygen atoms in total. The van der Waals surface area contributed by atoms with E-state index in [0.29, 0.717) is 36.3 Å². The van der Waals surface area contributed by atoms with E-state index in [-0.39, 0.29) is 17.6 Å². The van der Waals surface area contributed by atoms with Gasteiger partial charge in [-0.05, 0) is 36.2 Å². The highest BCUT2D eigenvalue weighted by molar-refractivity contribution is 7.92. The molecule has 5 rings (SSSR count). The minimum atomic E-state index is -4.51. The predicted octanol–water partition coefficient (Wildman–Crippen LogP) is -1.27. The van der Waals surface area contributed by atoms with Gasteiger partial charge in [-0.25, -0.2) is 42.5 Å². The first-order chi connectivity index (χ1) is 17.1. The summed E-state index contributed by atoms with van der Waals surface area (Å²) in [5.41, 5.74) is 19.3. The Morgan fingerprint density at radius 2 is 1.78 bits per heavy atom. The number of primary sulfonamides is 1. The second-order valence-corrected chi connectivity index (χ2v) is 11.6. The molecule has 36 heavy (non-hydrogen) atoms. The van der Waals surface area contributed by atoms with Crippen LogP contribution in [-0.2, 0) is 20.0 Å². The summed E-state index contributed by atoms with van der Waals surface area (Å²) in [5.74, 6) is 0.253. The number of H-pyrrole nitrogens is 1. The largest absolute Gasteiger partial charge is 0.369 e. The summed E-state index contributed by atoms with van der Waals surface area (Å²) in [6.45, 7) is 1.10. The number of rotatable bonds is 7. The number of nitrogens with zero attached hydrogens (tertiary/aromatic N) is 1. The van der Waals surface area contributed by atoms with Crippen LogP contribution in [-0.4, -0.2) is 45.9 Å². The van der Waals surface area contributed by atoms with E-state index in [4.69, 9.17) is 10.9 Å². The van der Waals surface area contributed by atoms with E-state index in [2.05, 4.69) is 41.9 Å². The lowest BCUT2D eigenvalue weighted by Gasteiger charge is -2.22. The number of imidazole rings is 1. The minimum absolute atomic E-state index is 0.128. The average Bonchev–Trinajstić information content (AvgIpc) is 3.61. The molecule has 0 bridgehead atoms. The molecule has 2 saturated heterocycles. The standard InChI is InChI=1S/C20H26N10O4S2/c21-20-24-10-15(25-20)12-3-1-2-11(8-12)14-4-5-16(36(33,34)28-13-6-7-23-9-13)18(35(22,31)32)17(14)19-26-29-30-27-19/h1-5,8,10,13,19,23,26-30H,6-7,9H2,(H3,21,24,25)(H2,22,31,32)/t13-/m0/s1. The topological polar surface area (TPSA) is 221 Å². The van der Waals surface area contributed by atoms with Gasteiger partial charge in [-0.1, -0.05) is 24.3 Å². The number of nitrogens with one attached hydrogen (secondary N) is 7. The van der Waals surface area contributed by atoms with Crippen LogP contribution in [0.4, 0.5) is 5.95 Å². The van der Waals surface area contributed by atoms with Gasteiger partial charge in [0.1, 0.15) is 16.0 Å². The first kappa shape index (κ1) is 24.8. The molecule has 0 amide bonds. The number of aromatic nitrogens is 2. The highest BCUT2D eigenvalue weighted by atomic mass is 32.2. The van der Waals surface area contributed by atoms with Gasteiger partial charge < -0.3 is 16.0 Å². The lowest BCUT2D eigenvalue weighted by Crippen LogP contribution is -2.38. The fraction of sp³-hybridized carbons (Fsp3) is 0.250.